The number of piperidine rings is 1. The van der Waals surface area contributed by atoms with Crippen LogP contribution in [0.2, 0.25) is 0 Å². The molecule has 1 atom stereocenters. The highest BCUT2D eigenvalue weighted by atomic mass is 16.5. The molecule has 1 saturated heterocycles. The van der Waals surface area contributed by atoms with E-state index in [0.717, 1.165) is 61.9 Å². The number of hydrogen-bond acceptors (Lipinski definition) is 4. The minimum absolute atomic E-state index is 0.116. The van der Waals surface area contributed by atoms with E-state index in [1.807, 2.05) is 41.3 Å². The molecule has 2 amide bonds. The highest BCUT2D eigenvalue weighted by Gasteiger charge is 2.24. The monoisotopic (exact) mass is 476 g/mol. The summed E-state index contributed by atoms with van der Waals surface area (Å²) in [4.78, 5) is 32.5. The number of imidazole rings is 1. The third-order valence-corrected chi connectivity index (χ3v) is 6.86. The number of carbonyl (C=O) groups is 2. The normalized spacial score (nSPS) is 15.8. The fraction of sp³-hybridized carbons (Fsp3) is 0.464. The van der Waals surface area contributed by atoms with E-state index in [2.05, 4.69) is 16.8 Å². The molecule has 0 saturated carbocycles. The van der Waals surface area contributed by atoms with Gasteiger partial charge in [0.15, 0.2) is 0 Å². The molecule has 0 radical (unpaired) electrons. The van der Waals surface area contributed by atoms with Crippen molar-refractivity contribution < 1.29 is 14.3 Å². The SMILES string of the molecule is COc1ccccc1C(=O)NCCCCCc1nc2ccccc2n1CC(=O)N1CCCCC1C. The molecule has 0 bridgehead atoms. The van der Waals surface area contributed by atoms with Gasteiger partial charge >= 0.3 is 0 Å². The summed E-state index contributed by atoms with van der Waals surface area (Å²) in [6.45, 7) is 3.95. The highest BCUT2D eigenvalue weighted by molar-refractivity contribution is 5.96. The second-order valence-corrected chi connectivity index (χ2v) is 9.30. The van der Waals surface area contributed by atoms with Crippen LogP contribution in [-0.4, -0.2) is 52.5 Å². The number of para-hydroxylation sites is 3. The number of likely N-dealkylation sites (tertiary alicyclic amines) is 1. The van der Waals surface area contributed by atoms with Gasteiger partial charge in [-0.3, -0.25) is 9.59 Å². The highest BCUT2D eigenvalue weighted by Crippen LogP contribution is 2.21. The van der Waals surface area contributed by atoms with Crippen LogP contribution in [0.5, 0.6) is 5.75 Å². The van der Waals surface area contributed by atoms with Gasteiger partial charge in [-0.05, 0) is 63.3 Å². The van der Waals surface area contributed by atoms with Gasteiger partial charge in [0.1, 0.15) is 18.1 Å². The molecule has 1 N–H and O–H groups in total. The number of aromatic nitrogens is 2. The second kappa shape index (κ2) is 11.9. The third kappa shape index (κ3) is 6.02. The van der Waals surface area contributed by atoms with Crippen molar-refractivity contribution in [1.29, 1.82) is 0 Å². The first-order valence-corrected chi connectivity index (χ1v) is 12.7. The number of hydrogen-bond donors (Lipinski definition) is 1. The number of ether oxygens (including phenoxy) is 1. The molecule has 1 aliphatic rings. The van der Waals surface area contributed by atoms with Gasteiger partial charge in [0, 0.05) is 25.6 Å². The maximum atomic E-state index is 13.1. The summed E-state index contributed by atoms with van der Waals surface area (Å²) in [5, 5.41) is 2.98. The molecule has 35 heavy (non-hydrogen) atoms. The van der Waals surface area contributed by atoms with Crippen molar-refractivity contribution in [3.8, 4) is 5.75 Å². The maximum absolute atomic E-state index is 13.1. The third-order valence-electron chi connectivity index (χ3n) is 6.86. The van der Waals surface area contributed by atoms with Gasteiger partial charge in [-0.15, -0.1) is 0 Å². The summed E-state index contributed by atoms with van der Waals surface area (Å²) < 4.78 is 7.37. The summed E-state index contributed by atoms with van der Waals surface area (Å²) in [7, 11) is 1.57. The van der Waals surface area contributed by atoms with E-state index in [1.165, 1.54) is 6.42 Å². The molecule has 7 heteroatoms. The van der Waals surface area contributed by atoms with E-state index >= 15 is 0 Å². The molecule has 1 unspecified atom stereocenters. The number of fused-ring (bicyclic) bond motifs is 1. The van der Waals surface area contributed by atoms with Crippen molar-refractivity contribution >= 4 is 22.8 Å². The summed E-state index contributed by atoms with van der Waals surface area (Å²) in [5.74, 6) is 1.61. The van der Waals surface area contributed by atoms with Gasteiger partial charge in [-0.25, -0.2) is 4.98 Å². The van der Waals surface area contributed by atoms with Gasteiger partial charge in [-0.2, -0.15) is 0 Å². The average Bonchev–Trinajstić information content (AvgIpc) is 3.23. The molecular weight excluding hydrogens is 440 g/mol. The smallest absolute Gasteiger partial charge is 0.255 e. The number of methoxy groups -OCH3 is 1. The van der Waals surface area contributed by atoms with Crippen molar-refractivity contribution in [1.82, 2.24) is 19.8 Å². The maximum Gasteiger partial charge on any atom is 0.255 e. The molecular formula is C28H36N4O3. The van der Waals surface area contributed by atoms with Crippen LogP contribution in [-0.2, 0) is 17.8 Å². The molecule has 3 aromatic rings. The first kappa shape index (κ1) is 24.8. The lowest BCUT2D eigenvalue weighted by Gasteiger charge is -2.33. The number of carbonyl (C=O) groups excluding carboxylic acids is 2. The van der Waals surface area contributed by atoms with Gasteiger partial charge in [0.2, 0.25) is 5.91 Å². The fourth-order valence-corrected chi connectivity index (χ4v) is 4.90. The molecule has 7 nitrogen and oxygen atoms in total. The largest absolute Gasteiger partial charge is 0.496 e. The summed E-state index contributed by atoms with van der Waals surface area (Å²) in [6.07, 6.45) is 6.96. The Kier molecular flexibility index (Phi) is 8.40. The van der Waals surface area contributed by atoms with Crippen molar-refractivity contribution in [2.75, 3.05) is 20.2 Å². The van der Waals surface area contributed by atoms with Crippen molar-refractivity contribution in [2.45, 2.75) is 64.5 Å². The van der Waals surface area contributed by atoms with Gasteiger partial charge in [0.05, 0.1) is 23.7 Å². The average molecular weight is 477 g/mol. The molecule has 1 fully saturated rings. The van der Waals surface area contributed by atoms with E-state index in [1.54, 1.807) is 19.2 Å². The van der Waals surface area contributed by atoms with Crippen molar-refractivity contribution in [2.24, 2.45) is 0 Å². The van der Waals surface area contributed by atoms with Gasteiger partial charge in [0.25, 0.3) is 5.91 Å². The molecule has 2 aromatic carbocycles. The Morgan fingerprint density at radius 2 is 1.86 bits per heavy atom. The van der Waals surface area contributed by atoms with E-state index in [-0.39, 0.29) is 11.8 Å². The molecule has 1 aromatic heterocycles. The van der Waals surface area contributed by atoms with Gasteiger partial charge < -0.3 is 19.5 Å². The number of aryl methyl sites for hydroxylation is 1. The van der Waals surface area contributed by atoms with Crippen LogP contribution in [0.15, 0.2) is 48.5 Å². The quantitative estimate of drug-likeness (QED) is 0.434. The van der Waals surface area contributed by atoms with Crippen molar-refractivity contribution in [3.63, 3.8) is 0 Å². The van der Waals surface area contributed by atoms with Crippen LogP contribution < -0.4 is 10.1 Å². The first-order valence-electron chi connectivity index (χ1n) is 12.7. The van der Waals surface area contributed by atoms with Crippen LogP contribution in [0.1, 0.15) is 61.6 Å². The van der Waals surface area contributed by atoms with E-state index < -0.39 is 0 Å². The molecule has 4 rings (SSSR count). The van der Waals surface area contributed by atoms with Crippen LogP contribution in [0, 0.1) is 0 Å². The molecule has 0 aliphatic carbocycles. The van der Waals surface area contributed by atoms with E-state index in [4.69, 9.17) is 9.72 Å². The van der Waals surface area contributed by atoms with Gasteiger partial charge in [-0.1, -0.05) is 30.7 Å². The number of rotatable bonds is 10. The number of nitrogens with zero attached hydrogens (tertiary/aromatic N) is 3. The zero-order valence-corrected chi connectivity index (χ0v) is 20.8. The van der Waals surface area contributed by atoms with Crippen LogP contribution in [0.4, 0.5) is 0 Å². The zero-order valence-electron chi connectivity index (χ0n) is 20.8. The molecule has 1 aliphatic heterocycles. The summed E-state index contributed by atoms with van der Waals surface area (Å²) in [5.41, 5.74) is 2.51. The second-order valence-electron chi connectivity index (χ2n) is 9.30. The number of nitrogens with one attached hydrogen (secondary N) is 1. The Morgan fingerprint density at radius 3 is 2.69 bits per heavy atom. The Hall–Kier alpha value is -3.35. The Bertz CT molecular complexity index is 1160. The predicted molar refractivity (Wildman–Crippen MR) is 138 cm³/mol. The lowest BCUT2D eigenvalue weighted by molar-refractivity contribution is -0.135. The minimum atomic E-state index is -0.116. The van der Waals surface area contributed by atoms with Crippen LogP contribution in [0.25, 0.3) is 11.0 Å². The molecule has 0 spiro atoms. The Balaban J connectivity index is 1.31. The topological polar surface area (TPSA) is 76.5 Å². The number of amides is 2. The molecule has 186 valence electrons. The number of benzene rings is 2. The van der Waals surface area contributed by atoms with E-state index in [0.29, 0.717) is 30.4 Å². The lowest BCUT2D eigenvalue weighted by Crippen LogP contribution is -2.43. The van der Waals surface area contributed by atoms with Crippen molar-refractivity contribution in [3.05, 3.63) is 59.9 Å². The lowest BCUT2D eigenvalue weighted by atomic mass is 10.0. The first-order chi connectivity index (χ1) is 17.1. The zero-order chi connectivity index (χ0) is 24.6. The fourth-order valence-electron chi connectivity index (χ4n) is 4.90. The minimum Gasteiger partial charge on any atom is -0.496 e. The molecule has 2 heterocycles. The van der Waals surface area contributed by atoms with Crippen LogP contribution >= 0.6 is 0 Å². The summed E-state index contributed by atoms with van der Waals surface area (Å²) >= 11 is 0. The van der Waals surface area contributed by atoms with Crippen LogP contribution in [0.3, 0.4) is 0 Å². The standard InChI is InChI=1S/C28H36N4O3/c1-21-12-9-11-19-31(21)27(33)20-32-24-15-7-6-14-23(24)30-26(32)17-4-3-10-18-29-28(34)22-13-5-8-16-25(22)35-2/h5-8,13-16,21H,3-4,9-12,17-20H2,1-2H3,(H,29,34). The number of unbranched alkanes of at least 4 members (excludes halogenated alkanes) is 2. The Morgan fingerprint density at radius 1 is 1.06 bits per heavy atom. The predicted octanol–water partition coefficient (Wildman–Crippen LogP) is 4.59. The summed E-state index contributed by atoms with van der Waals surface area (Å²) in [6, 6.07) is 15.6. The Labute approximate surface area is 207 Å². The van der Waals surface area contributed by atoms with E-state index in [9.17, 15) is 9.59 Å².